The van der Waals surface area contributed by atoms with Crippen molar-refractivity contribution in [2.75, 3.05) is 0 Å². The summed E-state index contributed by atoms with van der Waals surface area (Å²) in [6.07, 6.45) is -0.106. The van der Waals surface area contributed by atoms with Crippen molar-refractivity contribution in [3.05, 3.63) is 0 Å². The van der Waals surface area contributed by atoms with Crippen molar-refractivity contribution in [3.8, 4) is 0 Å². The zero-order valence-corrected chi connectivity index (χ0v) is 10.1. The van der Waals surface area contributed by atoms with Crippen molar-refractivity contribution in [2.45, 2.75) is 36.5 Å². The van der Waals surface area contributed by atoms with E-state index in [9.17, 15) is 9.59 Å². The summed E-state index contributed by atoms with van der Waals surface area (Å²) in [5.41, 5.74) is -0.390. The van der Waals surface area contributed by atoms with Crippen LogP contribution >= 0.6 is 0 Å². The van der Waals surface area contributed by atoms with Gasteiger partial charge in [0.25, 0.3) is 0 Å². The van der Waals surface area contributed by atoms with Gasteiger partial charge in [-0.1, -0.05) is 0 Å². The zero-order chi connectivity index (χ0) is 9.78. The predicted molar refractivity (Wildman–Crippen MR) is 46.0 cm³/mol. The Morgan fingerprint density at radius 2 is 1.92 bits per heavy atom. The van der Waals surface area contributed by atoms with Crippen molar-refractivity contribution in [3.63, 3.8) is 0 Å². The third kappa shape index (κ3) is 5.75. The van der Waals surface area contributed by atoms with E-state index in [0.717, 1.165) is 31.6 Å². The molecule has 4 heteroatoms. The molecule has 0 aromatic heterocycles. The van der Waals surface area contributed by atoms with E-state index in [1.807, 2.05) is 13.8 Å². The molecule has 0 heterocycles. The first kappa shape index (κ1) is 12.1. The Labute approximate surface area is 90.3 Å². The first-order valence-electron chi connectivity index (χ1n) is 4.08. The molecule has 12 heavy (non-hydrogen) atoms. The van der Waals surface area contributed by atoms with Crippen LogP contribution < -0.4 is 0 Å². The molecule has 0 rings (SSSR count). The summed E-state index contributed by atoms with van der Waals surface area (Å²) in [5.74, 6) is -0.563. The summed E-state index contributed by atoms with van der Waals surface area (Å²) in [6.45, 7) is 5.10. The standard InChI is InChI=1S/C8H13O3.Na/c1-6(9)5-7(10)11-8(2,3)4;/h2,5H2,1,3-4H3;. The summed E-state index contributed by atoms with van der Waals surface area (Å²) in [4.78, 5) is 21.5. The third-order valence-corrected chi connectivity index (χ3v) is 3.34. The monoisotopic (exact) mass is 180 g/mol. The van der Waals surface area contributed by atoms with Gasteiger partial charge in [-0.15, -0.1) is 0 Å². The molecule has 3 nitrogen and oxygen atoms in total. The first-order chi connectivity index (χ1) is 5.37. The number of carbonyl (C=O) groups excluding carboxylic acids is 2. The van der Waals surface area contributed by atoms with Crippen molar-refractivity contribution < 1.29 is 14.3 Å². The van der Waals surface area contributed by atoms with Gasteiger partial charge in [-0.25, -0.2) is 0 Å². The van der Waals surface area contributed by atoms with Gasteiger partial charge in [-0.2, -0.15) is 0 Å². The second-order valence-corrected chi connectivity index (χ2v) is 4.17. The van der Waals surface area contributed by atoms with Crippen LogP contribution in [0.4, 0.5) is 0 Å². The molecular formula is C8H13NaO3. The number of carbonyl (C=O) groups is 2. The topological polar surface area (TPSA) is 43.4 Å². The average Bonchev–Trinajstić information content (AvgIpc) is 1.84. The van der Waals surface area contributed by atoms with Gasteiger partial charge >= 0.3 is 90.5 Å². The van der Waals surface area contributed by atoms with Gasteiger partial charge in [0.05, 0.1) is 0 Å². The van der Waals surface area contributed by atoms with E-state index in [-0.39, 0.29) is 12.2 Å². The SMILES string of the molecule is CC(=O)CC(=O)OC(C)(C)[CH2][Na]. The predicted octanol–water partition coefficient (Wildman–Crippen LogP) is 0.874. The van der Waals surface area contributed by atoms with Crippen LogP contribution in [0.3, 0.4) is 0 Å². The summed E-state index contributed by atoms with van der Waals surface area (Å²) < 4.78 is 5.96. The summed E-state index contributed by atoms with van der Waals surface area (Å²) in [7, 11) is 0. The Hall–Kier alpha value is 0.140. The molecule has 0 fully saturated rings. The van der Waals surface area contributed by atoms with Crippen LogP contribution in [0.25, 0.3) is 0 Å². The number of ketones is 1. The van der Waals surface area contributed by atoms with Gasteiger partial charge in [0.1, 0.15) is 0 Å². The number of hydrogen-bond donors (Lipinski definition) is 0. The quantitative estimate of drug-likeness (QED) is 0.366. The molecule has 0 unspecified atom stereocenters. The molecule has 0 N–H and O–H groups in total. The van der Waals surface area contributed by atoms with E-state index in [4.69, 9.17) is 4.74 Å². The molecule has 64 valence electrons. The molecular weight excluding hydrogens is 167 g/mol. The molecule has 0 bridgehead atoms. The summed E-state index contributed by atoms with van der Waals surface area (Å²) in [6, 6.07) is 0. The molecule has 0 aliphatic carbocycles. The van der Waals surface area contributed by atoms with Crippen molar-refractivity contribution in [2.24, 2.45) is 0 Å². The summed E-state index contributed by atoms with van der Waals surface area (Å²) >= 11 is 0.989. The molecule has 0 aliphatic heterocycles. The van der Waals surface area contributed by atoms with Gasteiger partial charge in [0.15, 0.2) is 0 Å². The fourth-order valence-corrected chi connectivity index (χ4v) is 0.764. The van der Waals surface area contributed by atoms with E-state index in [0.29, 0.717) is 0 Å². The van der Waals surface area contributed by atoms with Crippen LogP contribution in [0, 0.1) is 0 Å². The Bertz CT molecular complexity index is 187. The Kier molecular flexibility index (Phi) is 5.06. The molecule has 0 saturated heterocycles. The summed E-state index contributed by atoms with van der Waals surface area (Å²) in [5, 5.41) is 0. The van der Waals surface area contributed by atoms with Gasteiger partial charge in [-0.3, -0.25) is 0 Å². The fraction of sp³-hybridized carbons (Fsp3) is 0.750. The third-order valence-electron chi connectivity index (χ3n) is 1.63. The molecule has 0 radical (unpaired) electrons. The van der Waals surface area contributed by atoms with Crippen LogP contribution in [0.1, 0.15) is 27.2 Å². The molecule has 0 aliphatic rings. The Balaban J connectivity index is 3.92. The van der Waals surface area contributed by atoms with Gasteiger partial charge < -0.3 is 0 Å². The molecule has 0 spiro atoms. The second kappa shape index (κ2) is 5.00. The van der Waals surface area contributed by atoms with Crippen LogP contribution in [-0.4, -0.2) is 45.3 Å². The van der Waals surface area contributed by atoms with E-state index < -0.39 is 11.6 Å². The number of ether oxygens (including phenoxy) is 1. The van der Waals surface area contributed by atoms with E-state index in [2.05, 4.69) is 0 Å². The van der Waals surface area contributed by atoms with Gasteiger partial charge in [0.2, 0.25) is 0 Å². The van der Waals surface area contributed by atoms with Crippen molar-refractivity contribution >= 4 is 39.7 Å². The average molecular weight is 180 g/mol. The van der Waals surface area contributed by atoms with Crippen LogP contribution in [0.15, 0.2) is 0 Å². The maximum absolute atomic E-state index is 11.0. The number of hydrogen-bond acceptors (Lipinski definition) is 3. The Morgan fingerprint density at radius 3 is 2.25 bits per heavy atom. The van der Waals surface area contributed by atoms with Crippen molar-refractivity contribution in [1.29, 1.82) is 0 Å². The first-order valence-corrected chi connectivity index (χ1v) is 5.50. The van der Waals surface area contributed by atoms with E-state index in [1.54, 1.807) is 0 Å². The minimum absolute atomic E-state index is 0.106. The van der Waals surface area contributed by atoms with Crippen molar-refractivity contribution in [1.82, 2.24) is 0 Å². The normalized spacial score (nSPS) is 11.1. The zero-order valence-electron chi connectivity index (χ0n) is 8.14. The molecule has 0 saturated carbocycles. The maximum atomic E-state index is 11.0. The molecule has 0 aromatic carbocycles. The molecule has 0 amide bonds. The van der Waals surface area contributed by atoms with E-state index in [1.165, 1.54) is 6.92 Å². The van der Waals surface area contributed by atoms with Crippen LogP contribution in [0.2, 0.25) is 3.67 Å². The van der Waals surface area contributed by atoms with Gasteiger partial charge in [-0.05, 0) is 0 Å². The van der Waals surface area contributed by atoms with Crippen LogP contribution in [0.5, 0.6) is 0 Å². The van der Waals surface area contributed by atoms with Crippen LogP contribution in [-0.2, 0) is 14.3 Å². The number of rotatable bonds is 4. The van der Waals surface area contributed by atoms with E-state index >= 15 is 0 Å². The second-order valence-electron chi connectivity index (χ2n) is 3.47. The minimum atomic E-state index is -0.414. The number of esters is 1. The molecule has 0 aromatic rings. The fourth-order valence-electron chi connectivity index (χ4n) is 0.620. The Morgan fingerprint density at radius 1 is 1.42 bits per heavy atom. The molecule has 0 atom stereocenters. The number of Topliss-reactive ketones (excluding diaryl/α,β-unsaturated/α-hetero) is 1. The van der Waals surface area contributed by atoms with Gasteiger partial charge in [0, 0.05) is 0 Å².